The van der Waals surface area contributed by atoms with Gasteiger partial charge in [0.15, 0.2) is 0 Å². The van der Waals surface area contributed by atoms with Crippen molar-refractivity contribution in [2.75, 3.05) is 19.6 Å². The van der Waals surface area contributed by atoms with Crippen LogP contribution in [0.3, 0.4) is 0 Å². The van der Waals surface area contributed by atoms with Crippen LogP contribution in [0.25, 0.3) is 0 Å². The Labute approximate surface area is 171 Å². The van der Waals surface area contributed by atoms with Gasteiger partial charge in [-0.1, -0.05) is 13.0 Å². The van der Waals surface area contributed by atoms with Gasteiger partial charge in [-0.2, -0.15) is 0 Å². The molecule has 1 unspecified atom stereocenters. The van der Waals surface area contributed by atoms with E-state index >= 15 is 0 Å². The number of carbonyl (C=O) groups is 2. The number of nitrogens with zero attached hydrogens (tertiary/aromatic N) is 2. The van der Waals surface area contributed by atoms with E-state index in [0.717, 1.165) is 54.2 Å². The molecule has 1 aliphatic heterocycles. The number of amides is 2. The topological polar surface area (TPSA) is 62.3 Å². The Bertz CT molecular complexity index is 846. The molecule has 0 bridgehead atoms. The van der Waals surface area contributed by atoms with Crippen LogP contribution in [-0.4, -0.2) is 41.3 Å². The highest BCUT2D eigenvalue weighted by Crippen LogP contribution is 2.30. The number of aryl methyl sites for hydroxylation is 2. The lowest BCUT2D eigenvalue weighted by molar-refractivity contribution is -0.120. The molecule has 28 heavy (non-hydrogen) atoms. The SMILES string of the molecule is CCC(=O)NCCc1csc(C2CCCN(C(=O)c3ccc(C)c(C)c3)C2)n1. The van der Waals surface area contributed by atoms with Crippen molar-refractivity contribution in [3.8, 4) is 0 Å². The van der Waals surface area contributed by atoms with Gasteiger partial charge >= 0.3 is 0 Å². The minimum atomic E-state index is 0.0724. The van der Waals surface area contributed by atoms with E-state index in [1.165, 1.54) is 5.56 Å². The molecule has 1 aliphatic rings. The van der Waals surface area contributed by atoms with Crippen LogP contribution < -0.4 is 5.32 Å². The van der Waals surface area contributed by atoms with Gasteiger partial charge in [-0.05, 0) is 49.9 Å². The quantitative estimate of drug-likeness (QED) is 0.803. The van der Waals surface area contributed by atoms with Crippen molar-refractivity contribution >= 4 is 23.2 Å². The highest BCUT2D eigenvalue weighted by Gasteiger charge is 2.27. The van der Waals surface area contributed by atoms with E-state index in [0.29, 0.717) is 18.9 Å². The molecule has 1 aromatic carbocycles. The smallest absolute Gasteiger partial charge is 0.253 e. The summed E-state index contributed by atoms with van der Waals surface area (Å²) in [5, 5.41) is 6.08. The van der Waals surface area contributed by atoms with Gasteiger partial charge < -0.3 is 10.2 Å². The lowest BCUT2D eigenvalue weighted by atomic mass is 9.97. The number of thiazole rings is 1. The van der Waals surface area contributed by atoms with Crippen molar-refractivity contribution in [1.29, 1.82) is 0 Å². The Hall–Kier alpha value is -2.21. The highest BCUT2D eigenvalue weighted by atomic mass is 32.1. The van der Waals surface area contributed by atoms with Crippen molar-refractivity contribution in [1.82, 2.24) is 15.2 Å². The van der Waals surface area contributed by atoms with Gasteiger partial charge in [0.05, 0.1) is 10.7 Å². The minimum Gasteiger partial charge on any atom is -0.356 e. The molecule has 6 heteroatoms. The summed E-state index contributed by atoms with van der Waals surface area (Å²) in [6, 6.07) is 5.95. The van der Waals surface area contributed by atoms with Crippen molar-refractivity contribution in [2.24, 2.45) is 0 Å². The first-order valence-electron chi connectivity index (χ1n) is 10.1. The molecule has 2 amide bonds. The van der Waals surface area contributed by atoms with Crippen LogP contribution >= 0.6 is 11.3 Å². The summed E-state index contributed by atoms with van der Waals surface area (Å²) in [5.41, 5.74) is 4.15. The van der Waals surface area contributed by atoms with Gasteiger partial charge in [0.25, 0.3) is 5.91 Å². The molecule has 150 valence electrons. The van der Waals surface area contributed by atoms with Crippen molar-refractivity contribution in [3.63, 3.8) is 0 Å². The average molecular weight is 400 g/mol. The van der Waals surface area contributed by atoms with Crippen LogP contribution in [-0.2, 0) is 11.2 Å². The second-order valence-corrected chi connectivity index (χ2v) is 8.41. The Balaban J connectivity index is 1.61. The van der Waals surface area contributed by atoms with E-state index in [2.05, 4.69) is 17.6 Å². The second kappa shape index (κ2) is 9.32. The van der Waals surface area contributed by atoms with Gasteiger partial charge in [0.1, 0.15) is 0 Å². The highest BCUT2D eigenvalue weighted by molar-refractivity contribution is 7.09. The molecule has 2 heterocycles. The van der Waals surface area contributed by atoms with Crippen LogP contribution in [0, 0.1) is 13.8 Å². The summed E-state index contributed by atoms with van der Waals surface area (Å²) in [7, 11) is 0. The molecule has 1 fully saturated rings. The third-order valence-corrected chi connectivity index (χ3v) is 6.46. The predicted molar refractivity (Wildman–Crippen MR) is 113 cm³/mol. The summed E-state index contributed by atoms with van der Waals surface area (Å²) in [5.74, 6) is 0.489. The zero-order valence-corrected chi connectivity index (χ0v) is 17.8. The zero-order chi connectivity index (χ0) is 20.1. The second-order valence-electron chi connectivity index (χ2n) is 7.52. The Morgan fingerprint density at radius 3 is 2.86 bits per heavy atom. The first-order valence-corrected chi connectivity index (χ1v) is 10.9. The molecule has 1 aromatic heterocycles. The molecule has 2 aromatic rings. The molecule has 0 spiro atoms. The van der Waals surface area contributed by atoms with E-state index in [4.69, 9.17) is 4.98 Å². The summed E-state index contributed by atoms with van der Waals surface area (Å²) in [6.07, 6.45) is 3.33. The molecule has 0 radical (unpaired) electrons. The fourth-order valence-corrected chi connectivity index (χ4v) is 4.48. The van der Waals surface area contributed by atoms with Gasteiger partial charge in [-0.15, -0.1) is 11.3 Å². The van der Waals surface area contributed by atoms with Crippen LogP contribution in [0.15, 0.2) is 23.6 Å². The fourth-order valence-electron chi connectivity index (χ4n) is 3.50. The maximum absolute atomic E-state index is 12.9. The number of nitrogens with one attached hydrogen (secondary N) is 1. The molecule has 1 saturated heterocycles. The molecule has 1 N–H and O–H groups in total. The Morgan fingerprint density at radius 2 is 2.11 bits per heavy atom. The number of piperidine rings is 1. The van der Waals surface area contributed by atoms with E-state index < -0.39 is 0 Å². The lowest BCUT2D eigenvalue weighted by Gasteiger charge is -2.32. The summed E-state index contributed by atoms with van der Waals surface area (Å²) < 4.78 is 0. The third kappa shape index (κ3) is 4.98. The standard InChI is InChI=1S/C22H29N3O2S/c1-4-20(26)23-10-9-19-14-28-21(24-19)18-6-5-11-25(13-18)22(27)17-8-7-15(2)16(3)12-17/h7-8,12,14,18H,4-6,9-11,13H2,1-3H3,(H,23,26). The van der Waals surface area contributed by atoms with Gasteiger partial charge in [0, 0.05) is 49.3 Å². The summed E-state index contributed by atoms with van der Waals surface area (Å²) in [6.45, 7) is 8.12. The molecular formula is C22H29N3O2S. The van der Waals surface area contributed by atoms with Crippen molar-refractivity contribution in [2.45, 2.75) is 52.4 Å². The van der Waals surface area contributed by atoms with Crippen molar-refractivity contribution < 1.29 is 9.59 Å². The molecule has 5 nitrogen and oxygen atoms in total. The molecule has 1 atom stereocenters. The van der Waals surface area contributed by atoms with Crippen LogP contribution in [0.4, 0.5) is 0 Å². The van der Waals surface area contributed by atoms with Crippen molar-refractivity contribution in [3.05, 3.63) is 51.0 Å². The monoisotopic (exact) mass is 399 g/mol. The van der Waals surface area contributed by atoms with Gasteiger partial charge in [-0.3, -0.25) is 9.59 Å². The number of likely N-dealkylation sites (tertiary alicyclic amines) is 1. The maximum Gasteiger partial charge on any atom is 0.253 e. The van der Waals surface area contributed by atoms with Crippen LogP contribution in [0.2, 0.25) is 0 Å². The number of aromatic nitrogens is 1. The van der Waals surface area contributed by atoms with E-state index in [1.54, 1.807) is 11.3 Å². The van der Waals surface area contributed by atoms with Gasteiger partial charge in [-0.25, -0.2) is 4.98 Å². The van der Waals surface area contributed by atoms with E-state index in [9.17, 15) is 9.59 Å². The zero-order valence-electron chi connectivity index (χ0n) is 17.0. The maximum atomic E-state index is 12.9. The van der Waals surface area contributed by atoms with Gasteiger partial charge in [0.2, 0.25) is 5.91 Å². The van der Waals surface area contributed by atoms with Crippen LogP contribution in [0.5, 0.6) is 0 Å². The number of benzene rings is 1. The molecule has 3 rings (SSSR count). The molecule has 0 saturated carbocycles. The molecular weight excluding hydrogens is 370 g/mol. The molecule has 0 aliphatic carbocycles. The predicted octanol–water partition coefficient (Wildman–Crippen LogP) is 3.85. The number of hydrogen-bond donors (Lipinski definition) is 1. The normalized spacial score (nSPS) is 16.8. The lowest BCUT2D eigenvalue weighted by Crippen LogP contribution is -2.39. The summed E-state index contributed by atoms with van der Waals surface area (Å²) in [4.78, 5) is 31.0. The number of carbonyl (C=O) groups excluding carboxylic acids is 2. The first-order chi connectivity index (χ1) is 13.5. The number of hydrogen-bond acceptors (Lipinski definition) is 4. The van der Waals surface area contributed by atoms with E-state index in [1.807, 2.05) is 36.9 Å². The first kappa shape index (κ1) is 20.5. The van der Waals surface area contributed by atoms with E-state index in [-0.39, 0.29) is 11.8 Å². The minimum absolute atomic E-state index is 0.0724. The Morgan fingerprint density at radius 1 is 1.29 bits per heavy atom. The average Bonchev–Trinajstić information content (AvgIpc) is 3.18. The Kier molecular flexibility index (Phi) is 6.83. The fraction of sp³-hybridized carbons (Fsp3) is 0.500. The third-order valence-electron chi connectivity index (χ3n) is 5.41. The summed E-state index contributed by atoms with van der Waals surface area (Å²) >= 11 is 1.67. The largest absolute Gasteiger partial charge is 0.356 e. The number of rotatable bonds is 6. The van der Waals surface area contributed by atoms with Crippen LogP contribution in [0.1, 0.15) is 64.3 Å².